The van der Waals surface area contributed by atoms with Crippen LogP contribution in [0.3, 0.4) is 0 Å². The van der Waals surface area contributed by atoms with E-state index in [-0.39, 0.29) is 30.0 Å². The summed E-state index contributed by atoms with van der Waals surface area (Å²) in [6, 6.07) is 21.2. The molecule has 2 fully saturated rings. The molecular formula is C34H37N5O4S. The van der Waals surface area contributed by atoms with E-state index in [2.05, 4.69) is 20.6 Å². The molecule has 228 valence electrons. The summed E-state index contributed by atoms with van der Waals surface area (Å²) in [7, 11) is 0. The Kier molecular flexibility index (Phi) is 9.30. The molecule has 0 spiro atoms. The van der Waals surface area contributed by atoms with E-state index in [1.807, 2.05) is 65.7 Å². The Balaban J connectivity index is 1.16. The van der Waals surface area contributed by atoms with Gasteiger partial charge in [-0.25, -0.2) is 9.97 Å². The number of benzene rings is 2. The molecule has 44 heavy (non-hydrogen) atoms. The predicted octanol–water partition coefficient (Wildman–Crippen LogP) is 4.34. The van der Waals surface area contributed by atoms with Crippen molar-refractivity contribution in [3.63, 3.8) is 0 Å². The quantitative estimate of drug-likeness (QED) is 0.244. The Bertz CT molecular complexity index is 1570. The Morgan fingerprint density at radius 3 is 2.70 bits per heavy atom. The summed E-state index contributed by atoms with van der Waals surface area (Å²) in [4.78, 5) is 38.0. The van der Waals surface area contributed by atoms with Gasteiger partial charge in [0.15, 0.2) is 0 Å². The number of nitrogens with one attached hydrogen (secondary N) is 2. The van der Waals surface area contributed by atoms with Gasteiger partial charge < -0.3 is 25.4 Å². The van der Waals surface area contributed by atoms with E-state index in [9.17, 15) is 14.7 Å². The summed E-state index contributed by atoms with van der Waals surface area (Å²) in [6.07, 6.45) is 3.45. The summed E-state index contributed by atoms with van der Waals surface area (Å²) in [5, 5.41) is 21.0. The Morgan fingerprint density at radius 2 is 1.93 bits per heavy atom. The van der Waals surface area contributed by atoms with Gasteiger partial charge in [-0.15, -0.1) is 11.3 Å². The Morgan fingerprint density at radius 1 is 1.11 bits per heavy atom. The zero-order valence-corrected chi connectivity index (χ0v) is 25.5. The molecule has 0 radical (unpaired) electrons. The fourth-order valence-electron chi connectivity index (χ4n) is 6.08. The SMILES string of the molecule is Cc1csc(C2CCCN2C(=O)c2cccc(C(=O)NC(Cc3ccccc3)C(O)C3CC(Oc4ccccn4)CN3)c2)n1. The molecule has 0 bridgehead atoms. The number of thiazole rings is 1. The van der Waals surface area contributed by atoms with Crippen LogP contribution in [-0.2, 0) is 6.42 Å². The maximum atomic E-state index is 13.6. The summed E-state index contributed by atoms with van der Waals surface area (Å²) >= 11 is 1.58. The van der Waals surface area contributed by atoms with Crippen LogP contribution in [0, 0.1) is 6.92 Å². The second-order valence-corrected chi connectivity index (χ2v) is 12.4. The number of rotatable bonds is 10. The summed E-state index contributed by atoms with van der Waals surface area (Å²) in [5.41, 5.74) is 2.79. The molecule has 2 saturated heterocycles. The van der Waals surface area contributed by atoms with Gasteiger partial charge in [0.05, 0.1) is 18.2 Å². The van der Waals surface area contributed by atoms with Crippen LogP contribution in [0.2, 0.25) is 0 Å². The molecule has 4 heterocycles. The van der Waals surface area contributed by atoms with Crippen LogP contribution in [0.5, 0.6) is 5.88 Å². The summed E-state index contributed by atoms with van der Waals surface area (Å²) < 4.78 is 6.01. The van der Waals surface area contributed by atoms with Crippen LogP contribution in [0.25, 0.3) is 0 Å². The number of aliphatic hydroxyl groups excluding tert-OH is 1. The van der Waals surface area contributed by atoms with Crippen molar-refractivity contribution in [3.05, 3.63) is 112 Å². The second-order valence-electron chi connectivity index (χ2n) is 11.5. The molecule has 2 aromatic carbocycles. The molecule has 2 aliphatic rings. The van der Waals surface area contributed by atoms with E-state index in [0.29, 0.717) is 42.9 Å². The third-order valence-electron chi connectivity index (χ3n) is 8.30. The number of amides is 2. The minimum Gasteiger partial charge on any atom is -0.473 e. The largest absolute Gasteiger partial charge is 0.473 e. The van der Waals surface area contributed by atoms with Gasteiger partial charge in [0, 0.05) is 60.0 Å². The van der Waals surface area contributed by atoms with Crippen LogP contribution in [-0.4, -0.2) is 69.2 Å². The van der Waals surface area contributed by atoms with Crippen molar-refractivity contribution in [1.82, 2.24) is 25.5 Å². The normalized spacial score (nSPS) is 21.1. The van der Waals surface area contributed by atoms with Gasteiger partial charge in [0.2, 0.25) is 5.88 Å². The number of aliphatic hydroxyl groups is 1. The van der Waals surface area contributed by atoms with Crippen molar-refractivity contribution >= 4 is 23.2 Å². The van der Waals surface area contributed by atoms with Gasteiger partial charge >= 0.3 is 0 Å². The smallest absolute Gasteiger partial charge is 0.254 e. The number of nitrogens with zero attached hydrogens (tertiary/aromatic N) is 3. The third-order valence-corrected chi connectivity index (χ3v) is 9.36. The highest BCUT2D eigenvalue weighted by atomic mass is 32.1. The molecule has 2 aromatic heterocycles. The van der Waals surface area contributed by atoms with Crippen molar-refractivity contribution in [3.8, 4) is 5.88 Å². The number of aromatic nitrogens is 2. The van der Waals surface area contributed by atoms with Gasteiger partial charge in [-0.2, -0.15) is 0 Å². The third kappa shape index (κ3) is 6.99. The van der Waals surface area contributed by atoms with Crippen LogP contribution in [0.4, 0.5) is 0 Å². The molecule has 4 aromatic rings. The van der Waals surface area contributed by atoms with E-state index in [0.717, 1.165) is 29.1 Å². The van der Waals surface area contributed by atoms with Gasteiger partial charge in [-0.1, -0.05) is 42.5 Å². The molecule has 5 unspecified atom stereocenters. The number of pyridine rings is 1. The second kappa shape index (κ2) is 13.7. The number of aryl methyl sites for hydroxylation is 1. The monoisotopic (exact) mass is 611 g/mol. The van der Waals surface area contributed by atoms with Crippen molar-refractivity contribution < 1.29 is 19.4 Å². The fraction of sp³-hybridized carbons (Fsp3) is 0.353. The number of hydrogen-bond donors (Lipinski definition) is 3. The zero-order valence-electron chi connectivity index (χ0n) is 24.6. The lowest BCUT2D eigenvalue weighted by Gasteiger charge is -2.29. The Labute approximate surface area is 261 Å². The maximum Gasteiger partial charge on any atom is 0.254 e. The minimum absolute atomic E-state index is 0.0477. The molecule has 9 nitrogen and oxygen atoms in total. The first-order valence-electron chi connectivity index (χ1n) is 15.1. The first kappa shape index (κ1) is 29.9. The number of carbonyl (C=O) groups is 2. The number of carbonyl (C=O) groups excluding carboxylic acids is 2. The van der Waals surface area contributed by atoms with Crippen molar-refractivity contribution in [2.45, 2.75) is 62.9 Å². The average molecular weight is 612 g/mol. The fourth-order valence-corrected chi connectivity index (χ4v) is 7.02. The molecule has 0 aliphatic carbocycles. The average Bonchev–Trinajstić information content (AvgIpc) is 3.82. The highest BCUT2D eigenvalue weighted by molar-refractivity contribution is 7.09. The topological polar surface area (TPSA) is 117 Å². The molecule has 10 heteroatoms. The summed E-state index contributed by atoms with van der Waals surface area (Å²) in [6.45, 7) is 3.18. The number of likely N-dealkylation sites (tertiary alicyclic amines) is 1. The van der Waals surface area contributed by atoms with E-state index < -0.39 is 12.1 Å². The van der Waals surface area contributed by atoms with E-state index in [1.54, 1.807) is 41.8 Å². The maximum absolute atomic E-state index is 13.6. The Hall–Kier alpha value is -4.12. The van der Waals surface area contributed by atoms with E-state index in [4.69, 9.17) is 4.74 Å². The van der Waals surface area contributed by atoms with Crippen LogP contribution in [0.15, 0.2) is 84.4 Å². The highest BCUT2D eigenvalue weighted by Crippen LogP contribution is 2.35. The van der Waals surface area contributed by atoms with Crippen LogP contribution in [0.1, 0.15) is 62.3 Å². The van der Waals surface area contributed by atoms with Gasteiger partial charge in [-0.05, 0) is 56.0 Å². The molecule has 2 aliphatic heterocycles. The minimum atomic E-state index is -0.881. The molecular weight excluding hydrogens is 574 g/mol. The number of hydrogen-bond acceptors (Lipinski definition) is 8. The van der Waals surface area contributed by atoms with E-state index >= 15 is 0 Å². The number of ether oxygens (including phenoxy) is 1. The molecule has 2 amide bonds. The standard InChI is InChI=1S/C34H37N5O4S/c1-22-21-44-33(37-22)29-13-8-16-39(29)34(42)25-12-7-11-24(18-25)32(41)38-28(17-23-9-3-2-4-10-23)31(40)27-19-26(20-36-27)43-30-14-5-6-15-35-30/h2-7,9-12,14-15,18,21,26-29,31,36,40H,8,13,16-17,19-20H2,1H3,(H,38,41). The van der Waals surface area contributed by atoms with Gasteiger partial charge in [-0.3, -0.25) is 9.59 Å². The van der Waals surface area contributed by atoms with Crippen molar-refractivity contribution in [2.24, 2.45) is 0 Å². The lowest BCUT2D eigenvalue weighted by atomic mass is 9.94. The highest BCUT2D eigenvalue weighted by Gasteiger charge is 2.36. The molecule has 0 saturated carbocycles. The van der Waals surface area contributed by atoms with Crippen LogP contribution < -0.4 is 15.4 Å². The molecule has 5 atom stereocenters. The lowest BCUT2D eigenvalue weighted by Crippen LogP contribution is -2.52. The summed E-state index contributed by atoms with van der Waals surface area (Å²) in [5.74, 6) is 0.0948. The van der Waals surface area contributed by atoms with E-state index in [1.165, 1.54) is 0 Å². The van der Waals surface area contributed by atoms with Crippen molar-refractivity contribution in [1.29, 1.82) is 0 Å². The van der Waals surface area contributed by atoms with Gasteiger partial charge in [0.1, 0.15) is 11.1 Å². The zero-order chi connectivity index (χ0) is 30.5. The first-order valence-corrected chi connectivity index (χ1v) is 16.0. The molecule has 3 N–H and O–H groups in total. The first-order chi connectivity index (χ1) is 21.4. The lowest BCUT2D eigenvalue weighted by molar-refractivity contribution is 0.0719. The van der Waals surface area contributed by atoms with Gasteiger partial charge in [0.25, 0.3) is 11.8 Å². The van der Waals surface area contributed by atoms with Crippen LogP contribution >= 0.6 is 11.3 Å². The molecule has 6 rings (SSSR count). The predicted molar refractivity (Wildman–Crippen MR) is 169 cm³/mol. The van der Waals surface area contributed by atoms with Crippen molar-refractivity contribution in [2.75, 3.05) is 13.1 Å².